The third-order valence-corrected chi connectivity index (χ3v) is 2.79. The number of hydrogen-bond acceptors (Lipinski definition) is 3. The molecule has 0 radical (unpaired) electrons. The van der Waals surface area contributed by atoms with E-state index in [0.717, 1.165) is 39.0 Å². The lowest BCUT2D eigenvalue weighted by Gasteiger charge is -2.37. The highest BCUT2D eigenvalue weighted by Crippen LogP contribution is 2.21. The molecule has 72 valence electrons. The maximum Gasteiger partial charge on any atom is 0.0479 e. The summed E-state index contributed by atoms with van der Waals surface area (Å²) in [4.78, 5) is 2.33. The molecule has 1 saturated heterocycles. The third-order valence-electron chi connectivity index (χ3n) is 2.79. The fourth-order valence-corrected chi connectivity index (χ4v) is 1.62. The van der Waals surface area contributed by atoms with Crippen LogP contribution >= 0.6 is 0 Å². The number of ether oxygens (including phenoxy) is 1. The van der Waals surface area contributed by atoms with Crippen molar-refractivity contribution in [1.82, 2.24) is 4.90 Å². The van der Waals surface area contributed by atoms with E-state index in [4.69, 9.17) is 10.5 Å². The highest BCUT2D eigenvalue weighted by molar-refractivity contribution is 4.89. The fraction of sp³-hybridized carbons (Fsp3) is 1.00. The SMILES string of the molecule is COCCC1(N)CCN(C)CC1. The molecular weight excluding hydrogens is 152 g/mol. The average molecular weight is 172 g/mol. The monoisotopic (exact) mass is 172 g/mol. The van der Waals surface area contributed by atoms with Crippen LogP contribution in [0.25, 0.3) is 0 Å². The van der Waals surface area contributed by atoms with Gasteiger partial charge in [-0.25, -0.2) is 0 Å². The van der Waals surface area contributed by atoms with Gasteiger partial charge in [-0.1, -0.05) is 0 Å². The lowest BCUT2D eigenvalue weighted by atomic mass is 9.86. The molecule has 0 unspecified atom stereocenters. The normalized spacial score (nSPS) is 24.2. The Hall–Kier alpha value is -0.120. The second kappa shape index (κ2) is 4.21. The van der Waals surface area contributed by atoms with Crippen LogP contribution in [0.5, 0.6) is 0 Å². The van der Waals surface area contributed by atoms with Gasteiger partial charge in [-0.3, -0.25) is 0 Å². The summed E-state index contributed by atoms with van der Waals surface area (Å²) in [6.45, 7) is 3.04. The number of methoxy groups -OCH3 is 1. The Bertz CT molecular complexity index is 125. The van der Waals surface area contributed by atoms with E-state index < -0.39 is 0 Å². The lowest BCUT2D eigenvalue weighted by Crippen LogP contribution is -2.49. The van der Waals surface area contributed by atoms with Gasteiger partial charge in [-0.05, 0) is 39.4 Å². The molecule has 0 spiro atoms. The fourth-order valence-electron chi connectivity index (χ4n) is 1.62. The van der Waals surface area contributed by atoms with Crippen LogP contribution in [0.4, 0.5) is 0 Å². The Kier molecular flexibility index (Phi) is 3.50. The first-order valence-electron chi connectivity index (χ1n) is 4.63. The zero-order valence-corrected chi connectivity index (χ0v) is 8.18. The smallest absolute Gasteiger partial charge is 0.0479 e. The highest BCUT2D eigenvalue weighted by Gasteiger charge is 2.28. The van der Waals surface area contributed by atoms with Crippen LogP contribution in [0.1, 0.15) is 19.3 Å². The quantitative estimate of drug-likeness (QED) is 0.671. The number of likely N-dealkylation sites (tertiary alicyclic amines) is 1. The van der Waals surface area contributed by atoms with Gasteiger partial charge in [-0.15, -0.1) is 0 Å². The van der Waals surface area contributed by atoms with Gasteiger partial charge in [0, 0.05) is 19.3 Å². The Morgan fingerprint density at radius 1 is 1.42 bits per heavy atom. The van der Waals surface area contributed by atoms with Crippen molar-refractivity contribution in [2.45, 2.75) is 24.8 Å². The Balaban J connectivity index is 2.29. The molecule has 0 bridgehead atoms. The van der Waals surface area contributed by atoms with E-state index in [1.807, 2.05) is 0 Å². The molecule has 1 aliphatic rings. The molecule has 0 aromatic rings. The summed E-state index contributed by atoms with van der Waals surface area (Å²) in [5.74, 6) is 0. The van der Waals surface area contributed by atoms with Crippen molar-refractivity contribution in [2.75, 3.05) is 33.9 Å². The Morgan fingerprint density at radius 2 is 2.00 bits per heavy atom. The molecule has 2 N–H and O–H groups in total. The molecule has 12 heavy (non-hydrogen) atoms. The summed E-state index contributed by atoms with van der Waals surface area (Å²) in [5, 5.41) is 0. The van der Waals surface area contributed by atoms with Crippen LogP contribution < -0.4 is 5.73 Å². The van der Waals surface area contributed by atoms with E-state index in [0.29, 0.717) is 0 Å². The first-order chi connectivity index (χ1) is 5.66. The zero-order valence-electron chi connectivity index (χ0n) is 8.18. The molecule has 1 aliphatic heterocycles. The number of rotatable bonds is 3. The molecule has 0 aromatic heterocycles. The maximum atomic E-state index is 6.20. The first-order valence-corrected chi connectivity index (χ1v) is 4.63. The predicted octanol–water partition coefficient (Wildman–Crippen LogP) is 0.446. The van der Waals surface area contributed by atoms with Crippen molar-refractivity contribution in [1.29, 1.82) is 0 Å². The van der Waals surface area contributed by atoms with Gasteiger partial charge >= 0.3 is 0 Å². The number of hydrogen-bond donors (Lipinski definition) is 1. The van der Waals surface area contributed by atoms with Crippen molar-refractivity contribution < 1.29 is 4.74 Å². The summed E-state index contributed by atoms with van der Waals surface area (Å²) < 4.78 is 5.04. The number of nitrogens with two attached hydrogens (primary N) is 1. The molecule has 3 heteroatoms. The topological polar surface area (TPSA) is 38.5 Å². The molecule has 0 saturated carbocycles. The second-order valence-corrected chi connectivity index (χ2v) is 3.91. The highest BCUT2D eigenvalue weighted by atomic mass is 16.5. The standard InChI is InChI=1S/C9H20N2O/c1-11-6-3-9(10,4-7-11)5-8-12-2/h3-8,10H2,1-2H3. The predicted molar refractivity (Wildman–Crippen MR) is 50.1 cm³/mol. The zero-order chi connectivity index (χ0) is 9.03. The van der Waals surface area contributed by atoms with Crippen LogP contribution in [0.3, 0.4) is 0 Å². The molecule has 0 atom stereocenters. The molecule has 0 amide bonds. The summed E-state index contributed by atoms with van der Waals surface area (Å²) in [5.41, 5.74) is 6.24. The maximum absolute atomic E-state index is 6.20. The van der Waals surface area contributed by atoms with Crippen LogP contribution in [-0.4, -0.2) is 44.3 Å². The summed E-state index contributed by atoms with van der Waals surface area (Å²) in [6, 6.07) is 0. The number of nitrogens with zero attached hydrogens (tertiary/aromatic N) is 1. The minimum atomic E-state index is 0.0442. The van der Waals surface area contributed by atoms with Crippen molar-refractivity contribution in [3.8, 4) is 0 Å². The van der Waals surface area contributed by atoms with Crippen LogP contribution in [0, 0.1) is 0 Å². The van der Waals surface area contributed by atoms with Crippen molar-refractivity contribution in [3.05, 3.63) is 0 Å². The van der Waals surface area contributed by atoms with Gasteiger partial charge in [0.05, 0.1) is 0 Å². The Labute approximate surface area is 74.9 Å². The molecule has 0 aromatic carbocycles. The largest absolute Gasteiger partial charge is 0.385 e. The van der Waals surface area contributed by atoms with Crippen LogP contribution in [-0.2, 0) is 4.74 Å². The average Bonchev–Trinajstić information content (AvgIpc) is 2.08. The summed E-state index contributed by atoms with van der Waals surface area (Å²) in [6.07, 6.45) is 3.21. The van der Waals surface area contributed by atoms with Gasteiger partial charge < -0.3 is 15.4 Å². The van der Waals surface area contributed by atoms with E-state index in [1.54, 1.807) is 7.11 Å². The van der Waals surface area contributed by atoms with Crippen molar-refractivity contribution >= 4 is 0 Å². The first kappa shape index (κ1) is 9.96. The van der Waals surface area contributed by atoms with E-state index in [2.05, 4.69) is 11.9 Å². The Morgan fingerprint density at radius 3 is 2.50 bits per heavy atom. The van der Waals surface area contributed by atoms with Crippen molar-refractivity contribution in [3.63, 3.8) is 0 Å². The molecular formula is C9H20N2O. The van der Waals surface area contributed by atoms with Crippen LogP contribution in [0.15, 0.2) is 0 Å². The van der Waals surface area contributed by atoms with Gasteiger partial charge in [0.25, 0.3) is 0 Å². The van der Waals surface area contributed by atoms with Gasteiger partial charge in [0.15, 0.2) is 0 Å². The molecule has 3 nitrogen and oxygen atoms in total. The van der Waals surface area contributed by atoms with Gasteiger partial charge in [-0.2, -0.15) is 0 Å². The van der Waals surface area contributed by atoms with E-state index in [1.165, 1.54) is 0 Å². The van der Waals surface area contributed by atoms with Gasteiger partial charge in [0.1, 0.15) is 0 Å². The third kappa shape index (κ3) is 2.73. The summed E-state index contributed by atoms with van der Waals surface area (Å²) in [7, 11) is 3.88. The second-order valence-electron chi connectivity index (χ2n) is 3.91. The van der Waals surface area contributed by atoms with E-state index >= 15 is 0 Å². The minimum absolute atomic E-state index is 0.0442. The molecule has 0 aliphatic carbocycles. The molecule has 1 rings (SSSR count). The lowest BCUT2D eigenvalue weighted by molar-refractivity contribution is 0.127. The molecule has 1 fully saturated rings. The van der Waals surface area contributed by atoms with Crippen LogP contribution in [0.2, 0.25) is 0 Å². The molecule has 1 heterocycles. The number of piperidine rings is 1. The van der Waals surface area contributed by atoms with E-state index in [-0.39, 0.29) is 5.54 Å². The van der Waals surface area contributed by atoms with Crippen molar-refractivity contribution in [2.24, 2.45) is 5.73 Å². The summed E-state index contributed by atoms with van der Waals surface area (Å²) >= 11 is 0. The minimum Gasteiger partial charge on any atom is -0.385 e. The van der Waals surface area contributed by atoms with E-state index in [9.17, 15) is 0 Å². The van der Waals surface area contributed by atoms with Gasteiger partial charge in [0.2, 0.25) is 0 Å².